The van der Waals surface area contributed by atoms with E-state index < -0.39 is 32.4 Å². The number of amides is 1. The van der Waals surface area contributed by atoms with Gasteiger partial charge >= 0.3 is 35.5 Å². The molecule has 0 fully saturated rings. The minimum Gasteiger partial charge on any atom is -0.858 e. The molecular formula is C17H14N5NaO6S. The van der Waals surface area contributed by atoms with E-state index >= 15 is 0 Å². The molecule has 0 spiro atoms. The fourth-order valence-electron chi connectivity index (χ4n) is 2.43. The molecule has 0 atom stereocenters. The molecule has 2 aromatic rings. The SMILES string of the molecule is Cc1ccc(S(=O)(=O)N2N=NC(=C([O-])N(C)c3ccc([N+](=O)[O-])cc3)C2=O)cc1.[Na+]. The third-order valence-corrected chi connectivity index (χ3v) is 5.67. The molecule has 0 unspecified atom stereocenters. The Morgan fingerprint density at radius 2 is 1.67 bits per heavy atom. The first-order valence-corrected chi connectivity index (χ1v) is 9.54. The number of hydrogen-bond donors (Lipinski definition) is 0. The maximum absolute atomic E-state index is 12.6. The van der Waals surface area contributed by atoms with E-state index in [0.29, 0.717) is 0 Å². The van der Waals surface area contributed by atoms with Gasteiger partial charge in [0.05, 0.1) is 9.82 Å². The van der Waals surface area contributed by atoms with Gasteiger partial charge in [-0.25, -0.2) is 0 Å². The number of nitro benzene ring substituents is 1. The number of anilines is 1. The van der Waals surface area contributed by atoms with Crippen LogP contribution in [0.5, 0.6) is 0 Å². The maximum atomic E-state index is 12.6. The van der Waals surface area contributed by atoms with Crippen LogP contribution in [-0.2, 0) is 14.8 Å². The van der Waals surface area contributed by atoms with Gasteiger partial charge in [-0.15, -0.1) is 5.11 Å². The minimum absolute atomic E-state index is 0. The number of carbonyl (C=O) groups is 1. The number of aryl methyl sites for hydroxylation is 1. The van der Waals surface area contributed by atoms with Crippen molar-refractivity contribution in [2.24, 2.45) is 10.3 Å². The molecule has 150 valence electrons. The van der Waals surface area contributed by atoms with Crippen LogP contribution >= 0.6 is 0 Å². The van der Waals surface area contributed by atoms with Crippen molar-refractivity contribution in [3.05, 3.63) is 75.8 Å². The summed E-state index contributed by atoms with van der Waals surface area (Å²) in [7, 11) is -3.00. The summed E-state index contributed by atoms with van der Waals surface area (Å²) in [6.45, 7) is 1.77. The number of sulfonamides is 1. The van der Waals surface area contributed by atoms with Crippen LogP contribution < -0.4 is 39.6 Å². The van der Waals surface area contributed by atoms with E-state index in [1.54, 1.807) is 19.1 Å². The van der Waals surface area contributed by atoms with Crippen molar-refractivity contribution in [1.82, 2.24) is 4.41 Å². The summed E-state index contributed by atoms with van der Waals surface area (Å²) in [5.74, 6) is -2.10. The van der Waals surface area contributed by atoms with E-state index in [1.165, 1.54) is 43.4 Å². The van der Waals surface area contributed by atoms with E-state index in [4.69, 9.17) is 0 Å². The molecule has 1 aliphatic heterocycles. The van der Waals surface area contributed by atoms with Gasteiger partial charge in [0.25, 0.3) is 15.7 Å². The van der Waals surface area contributed by atoms with Gasteiger partial charge in [-0.3, -0.25) is 14.9 Å². The summed E-state index contributed by atoms with van der Waals surface area (Å²) >= 11 is 0. The second-order valence-electron chi connectivity index (χ2n) is 6.04. The zero-order chi connectivity index (χ0) is 21.3. The van der Waals surface area contributed by atoms with Gasteiger partial charge in [-0.2, -0.15) is 8.42 Å². The molecule has 1 aliphatic rings. The fourth-order valence-corrected chi connectivity index (χ4v) is 3.55. The van der Waals surface area contributed by atoms with Gasteiger partial charge in [0, 0.05) is 24.9 Å². The first-order chi connectivity index (χ1) is 13.6. The molecule has 2 aromatic carbocycles. The quantitative estimate of drug-likeness (QED) is 0.180. The summed E-state index contributed by atoms with van der Waals surface area (Å²) in [5, 5.41) is 30.1. The standard InChI is InChI=1S/C17H15N5O6S.Na/c1-11-3-9-14(10-4-11)29(27,28)21-17(24)15(18-19-21)16(23)20(2)12-5-7-13(8-6-12)22(25)26;/h3-10,23H,1-2H3;/q;+1/p-1. The number of non-ortho nitro benzene ring substituents is 1. The van der Waals surface area contributed by atoms with Crippen LogP contribution in [0, 0.1) is 17.0 Å². The summed E-state index contributed by atoms with van der Waals surface area (Å²) in [4.78, 5) is 23.5. The fraction of sp³-hybridized carbons (Fsp3) is 0.118. The molecule has 0 aliphatic carbocycles. The first kappa shape index (κ1) is 23.5. The zero-order valence-corrected chi connectivity index (χ0v) is 19.0. The molecule has 0 aromatic heterocycles. The van der Waals surface area contributed by atoms with E-state index in [-0.39, 0.29) is 50.2 Å². The van der Waals surface area contributed by atoms with Crippen LogP contribution in [0.1, 0.15) is 5.56 Å². The van der Waals surface area contributed by atoms with Crippen LogP contribution in [0.2, 0.25) is 0 Å². The van der Waals surface area contributed by atoms with Gasteiger partial charge in [-0.05, 0) is 42.3 Å². The molecule has 0 radical (unpaired) electrons. The van der Waals surface area contributed by atoms with Crippen molar-refractivity contribution in [2.45, 2.75) is 11.8 Å². The summed E-state index contributed by atoms with van der Waals surface area (Å²) in [6.07, 6.45) is 0. The molecule has 30 heavy (non-hydrogen) atoms. The van der Waals surface area contributed by atoms with Crippen LogP contribution in [0.25, 0.3) is 0 Å². The van der Waals surface area contributed by atoms with E-state index in [9.17, 15) is 28.4 Å². The topological polar surface area (TPSA) is 149 Å². The Hall–Kier alpha value is -2.80. The molecule has 0 saturated heterocycles. The van der Waals surface area contributed by atoms with Gasteiger partial charge in [0.2, 0.25) is 0 Å². The molecular weight excluding hydrogens is 425 g/mol. The average molecular weight is 439 g/mol. The Bertz CT molecular complexity index is 1150. The summed E-state index contributed by atoms with van der Waals surface area (Å²) in [5.41, 5.74) is 0.206. The molecule has 0 bridgehead atoms. The number of carbonyl (C=O) groups excluding carboxylic acids is 1. The van der Waals surface area contributed by atoms with Gasteiger partial charge in [0.1, 0.15) is 0 Å². The third-order valence-electron chi connectivity index (χ3n) is 4.10. The van der Waals surface area contributed by atoms with Crippen molar-refractivity contribution in [3.63, 3.8) is 0 Å². The Labute approximate surface area is 193 Å². The van der Waals surface area contributed by atoms with Crippen molar-refractivity contribution in [1.29, 1.82) is 0 Å². The Morgan fingerprint density at radius 1 is 1.10 bits per heavy atom. The molecule has 11 nitrogen and oxygen atoms in total. The molecule has 3 rings (SSSR count). The van der Waals surface area contributed by atoms with Crippen LogP contribution in [-0.4, -0.2) is 30.7 Å². The van der Waals surface area contributed by atoms with Crippen molar-refractivity contribution in [3.8, 4) is 0 Å². The van der Waals surface area contributed by atoms with Crippen LogP contribution in [0.4, 0.5) is 11.4 Å². The van der Waals surface area contributed by atoms with E-state index in [1.807, 2.05) is 0 Å². The number of rotatable bonds is 5. The van der Waals surface area contributed by atoms with Crippen LogP contribution in [0.15, 0.2) is 75.3 Å². The Morgan fingerprint density at radius 3 is 2.20 bits per heavy atom. The number of hydrogen-bond acceptors (Lipinski definition) is 9. The van der Waals surface area contributed by atoms with E-state index in [0.717, 1.165) is 10.5 Å². The monoisotopic (exact) mass is 439 g/mol. The minimum atomic E-state index is -4.32. The maximum Gasteiger partial charge on any atom is 1.00 e. The predicted octanol–water partition coefficient (Wildman–Crippen LogP) is -1.53. The van der Waals surface area contributed by atoms with E-state index in [2.05, 4.69) is 10.3 Å². The summed E-state index contributed by atoms with van der Waals surface area (Å²) in [6, 6.07) is 10.8. The number of nitro groups is 1. The van der Waals surface area contributed by atoms with Gasteiger partial charge < -0.3 is 10.0 Å². The third kappa shape index (κ3) is 4.36. The molecule has 0 N–H and O–H groups in total. The predicted molar refractivity (Wildman–Crippen MR) is 98.6 cm³/mol. The number of nitrogens with zero attached hydrogens (tertiary/aromatic N) is 5. The largest absolute Gasteiger partial charge is 1.00 e. The summed E-state index contributed by atoms with van der Waals surface area (Å²) < 4.78 is 25.4. The van der Waals surface area contributed by atoms with Crippen LogP contribution in [0.3, 0.4) is 0 Å². The molecule has 13 heteroatoms. The van der Waals surface area contributed by atoms with Crippen molar-refractivity contribution < 1.29 is 52.8 Å². The molecule has 0 saturated carbocycles. The van der Waals surface area contributed by atoms with Crippen molar-refractivity contribution >= 4 is 27.3 Å². The zero-order valence-electron chi connectivity index (χ0n) is 16.2. The smallest absolute Gasteiger partial charge is 0.858 e. The second-order valence-corrected chi connectivity index (χ2v) is 7.81. The van der Waals surface area contributed by atoms with Gasteiger partial charge in [0.15, 0.2) is 5.70 Å². The second kappa shape index (κ2) is 8.92. The van der Waals surface area contributed by atoms with Gasteiger partial charge in [-0.1, -0.05) is 22.1 Å². The van der Waals surface area contributed by atoms with Crippen molar-refractivity contribution in [2.75, 3.05) is 11.9 Å². The molecule has 1 heterocycles. The molecule has 1 amide bonds. The normalized spacial score (nSPS) is 15.0. The Kier molecular flexibility index (Phi) is 6.98. The Balaban J connectivity index is 0.00000320. The average Bonchev–Trinajstić information content (AvgIpc) is 3.09. The number of benzene rings is 2. The first-order valence-electron chi connectivity index (χ1n) is 8.10.